The molecule has 0 spiro atoms. The van der Waals surface area contributed by atoms with Crippen molar-refractivity contribution in [3.63, 3.8) is 0 Å². The lowest BCUT2D eigenvalue weighted by Gasteiger charge is -2.15. The van der Waals surface area contributed by atoms with E-state index in [0.717, 1.165) is 19.0 Å². The summed E-state index contributed by atoms with van der Waals surface area (Å²) >= 11 is 1.74. The monoisotopic (exact) mass is 293 g/mol. The lowest BCUT2D eigenvalue weighted by molar-refractivity contribution is 0.238. The maximum absolute atomic E-state index is 11.7. The van der Waals surface area contributed by atoms with Gasteiger partial charge in [-0.1, -0.05) is 6.07 Å². The molecule has 110 valence electrons. The molecule has 4 nitrogen and oxygen atoms in total. The van der Waals surface area contributed by atoms with E-state index in [1.165, 1.54) is 37.2 Å². The molecule has 1 aliphatic heterocycles. The van der Waals surface area contributed by atoms with Crippen LogP contribution in [0.15, 0.2) is 17.5 Å². The van der Waals surface area contributed by atoms with E-state index < -0.39 is 0 Å². The maximum atomic E-state index is 11.7. The number of carbonyl (C=O) groups excluding carboxylic acids is 1. The zero-order valence-electron chi connectivity index (χ0n) is 11.8. The summed E-state index contributed by atoms with van der Waals surface area (Å²) in [5, 5.41) is 8.02. The smallest absolute Gasteiger partial charge is 0.314 e. The minimum atomic E-state index is -0.0218. The van der Waals surface area contributed by atoms with E-state index in [1.807, 2.05) is 6.07 Å². The van der Waals surface area contributed by atoms with Crippen LogP contribution < -0.4 is 10.6 Å². The van der Waals surface area contributed by atoms with Gasteiger partial charge in [0.1, 0.15) is 0 Å². The molecule has 1 aromatic heterocycles. The summed E-state index contributed by atoms with van der Waals surface area (Å²) in [6.45, 7) is 3.91. The van der Waals surface area contributed by atoms with Gasteiger partial charge < -0.3 is 15.5 Å². The van der Waals surface area contributed by atoms with Crippen molar-refractivity contribution in [2.75, 3.05) is 26.2 Å². The summed E-state index contributed by atoms with van der Waals surface area (Å²) in [6, 6.07) is 4.99. The first-order chi connectivity index (χ1) is 9.81. The fraction of sp³-hybridized carbons (Fsp3) is 0.667. The van der Waals surface area contributed by atoms with Crippen LogP contribution in [0.5, 0.6) is 0 Å². The fourth-order valence-corrected chi connectivity index (χ4v) is 3.56. The van der Waals surface area contributed by atoms with Gasteiger partial charge >= 0.3 is 6.03 Å². The van der Waals surface area contributed by atoms with Crippen molar-refractivity contribution in [1.29, 1.82) is 0 Å². The van der Waals surface area contributed by atoms with E-state index in [1.54, 1.807) is 11.3 Å². The lowest BCUT2D eigenvalue weighted by Crippen LogP contribution is -2.39. The number of likely N-dealkylation sites (tertiary alicyclic amines) is 1. The number of rotatable bonds is 6. The third-order valence-electron chi connectivity index (χ3n) is 4.17. The summed E-state index contributed by atoms with van der Waals surface area (Å²) < 4.78 is 0. The van der Waals surface area contributed by atoms with Crippen molar-refractivity contribution in [1.82, 2.24) is 15.5 Å². The van der Waals surface area contributed by atoms with Crippen molar-refractivity contribution < 1.29 is 4.79 Å². The van der Waals surface area contributed by atoms with Crippen molar-refractivity contribution >= 4 is 17.4 Å². The SMILES string of the molecule is O=C(NCCc1cccs1)NCC1CCN(C2CC2)C1. The molecular formula is C15H23N3OS. The molecule has 5 heteroatoms. The average Bonchev–Trinajstić information content (AvgIpc) is 2.98. The Kier molecular flexibility index (Phi) is 4.58. The summed E-state index contributed by atoms with van der Waals surface area (Å²) in [6.07, 6.45) is 4.91. The van der Waals surface area contributed by atoms with Crippen LogP contribution in [-0.4, -0.2) is 43.2 Å². The van der Waals surface area contributed by atoms with E-state index in [9.17, 15) is 4.79 Å². The highest BCUT2D eigenvalue weighted by Crippen LogP contribution is 2.31. The highest BCUT2D eigenvalue weighted by Gasteiger charge is 2.34. The molecule has 2 N–H and O–H groups in total. The van der Waals surface area contributed by atoms with Crippen LogP contribution in [0, 0.1) is 5.92 Å². The minimum absolute atomic E-state index is 0.0218. The normalized spacial score (nSPS) is 22.9. The zero-order valence-corrected chi connectivity index (χ0v) is 12.6. The highest BCUT2D eigenvalue weighted by atomic mass is 32.1. The molecule has 20 heavy (non-hydrogen) atoms. The molecule has 2 heterocycles. The number of thiophene rings is 1. The van der Waals surface area contributed by atoms with Crippen LogP contribution in [0.2, 0.25) is 0 Å². The number of urea groups is 1. The third-order valence-corrected chi connectivity index (χ3v) is 5.11. The van der Waals surface area contributed by atoms with Gasteiger partial charge in [0, 0.05) is 30.6 Å². The molecule has 0 aromatic carbocycles. The third kappa shape index (κ3) is 3.96. The molecule has 1 unspecified atom stereocenters. The predicted molar refractivity (Wildman–Crippen MR) is 82.1 cm³/mol. The quantitative estimate of drug-likeness (QED) is 0.843. The van der Waals surface area contributed by atoms with Gasteiger partial charge in [0.25, 0.3) is 0 Å². The molecule has 1 saturated heterocycles. The van der Waals surface area contributed by atoms with Gasteiger partial charge in [-0.2, -0.15) is 0 Å². The molecular weight excluding hydrogens is 270 g/mol. The van der Waals surface area contributed by atoms with Crippen molar-refractivity contribution in [2.24, 2.45) is 5.92 Å². The van der Waals surface area contributed by atoms with E-state index in [4.69, 9.17) is 0 Å². The van der Waals surface area contributed by atoms with Crippen LogP contribution >= 0.6 is 11.3 Å². The molecule has 0 radical (unpaired) electrons. The number of nitrogens with one attached hydrogen (secondary N) is 2. The van der Waals surface area contributed by atoms with Gasteiger partial charge in [0.15, 0.2) is 0 Å². The van der Waals surface area contributed by atoms with Crippen molar-refractivity contribution in [3.8, 4) is 0 Å². The molecule has 1 saturated carbocycles. The van der Waals surface area contributed by atoms with Gasteiger partial charge in [-0.05, 0) is 49.6 Å². The number of carbonyl (C=O) groups is 1. The number of hydrogen-bond acceptors (Lipinski definition) is 3. The second kappa shape index (κ2) is 6.59. The largest absolute Gasteiger partial charge is 0.338 e. The van der Waals surface area contributed by atoms with Crippen LogP contribution in [0.25, 0.3) is 0 Å². The Balaban J connectivity index is 1.27. The molecule has 3 rings (SSSR count). The van der Waals surface area contributed by atoms with Crippen LogP contribution in [0.1, 0.15) is 24.1 Å². The molecule has 2 aliphatic rings. The molecule has 0 bridgehead atoms. The second-order valence-corrected chi connectivity index (χ2v) is 6.88. The van der Waals surface area contributed by atoms with Crippen LogP contribution in [0.3, 0.4) is 0 Å². The van der Waals surface area contributed by atoms with Crippen LogP contribution in [-0.2, 0) is 6.42 Å². The van der Waals surface area contributed by atoms with Crippen molar-refractivity contribution in [2.45, 2.75) is 31.7 Å². The minimum Gasteiger partial charge on any atom is -0.338 e. The topological polar surface area (TPSA) is 44.4 Å². The molecule has 1 aliphatic carbocycles. The van der Waals surface area contributed by atoms with Crippen molar-refractivity contribution in [3.05, 3.63) is 22.4 Å². The Bertz CT molecular complexity index is 430. The van der Waals surface area contributed by atoms with E-state index in [-0.39, 0.29) is 6.03 Å². The van der Waals surface area contributed by atoms with Crippen LogP contribution in [0.4, 0.5) is 4.79 Å². The Morgan fingerprint density at radius 3 is 3.00 bits per heavy atom. The number of nitrogens with zero attached hydrogens (tertiary/aromatic N) is 1. The van der Waals surface area contributed by atoms with E-state index in [2.05, 4.69) is 27.0 Å². The lowest BCUT2D eigenvalue weighted by atomic mass is 10.1. The first-order valence-electron chi connectivity index (χ1n) is 7.59. The second-order valence-electron chi connectivity index (χ2n) is 5.85. The van der Waals surface area contributed by atoms with Gasteiger partial charge in [-0.25, -0.2) is 4.79 Å². The van der Waals surface area contributed by atoms with E-state index in [0.29, 0.717) is 12.5 Å². The number of hydrogen-bond donors (Lipinski definition) is 2. The zero-order chi connectivity index (χ0) is 13.8. The Labute approximate surface area is 124 Å². The highest BCUT2D eigenvalue weighted by molar-refractivity contribution is 7.09. The fourth-order valence-electron chi connectivity index (χ4n) is 2.85. The average molecular weight is 293 g/mol. The Morgan fingerprint density at radius 1 is 1.35 bits per heavy atom. The van der Waals surface area contributed by atoms with Gasteiger partial charge in [-0.3, -0.25) is 0 Å². The predicted octanol–water partition coefficient (Wildman–Crippen LogP) is 2.07. The maximum Gasteiger partial charge on any atom is 0.314 e. The summed E-state index contributed by atoms with van der Waals surface area (Å²) in [5.41, 5.74) is 0. The Hall–Kier alpha value is -1.07. The summed E-state index contributed by atoms with van der Waals surface area (Å²) in [7, 11) is 0. The van der Waals surface area contributed by atoms with E-state index >= 15 is 0 Å². The van der Waals surface area contributed by atoms with Gasteiger partial charge in [0.2, 0.25) is 0 Å². The Morgan fingerprint density at radius 2 is 2.25 bits per heavy atom. The first-order valence-corrected chi connectivity index (χ1v) is 8.47. The molecule has 2 fully saturated rings. The summed E-state index contributed by atoms with van der Waals surface area (Å²) in [5.74, 6) is 0.638. The first kappa shape index (κ1) is 13.9. The molecule has 1 aromatic rings. The van der Waals surface area contributed by atoms with Gasteiger partial charge in [0.05, 0.1) is 0 Å². The molecule has 1 atom stereocenters. The summed E-state index contributed by atoms with van der Waals surface area (Å²) in [4.78, 5) is 15.6. The number of amides is 2. The molecule has 2 amide bonds. The standard InChI is InChI=1S/C15H23N3OS/c19-15(16-7-5-14-2-1-9-20-14)17-10-12-6-8-18(11-12)13-3-4-13/h1-2,9,12-13H,3-8,10-11H2,(H2,16,17,19). The van der Waals surface area contributed by atoms with Gasteiger partial charge in [-0.15, -0.1) is 11.3 Å².